The number of hydrogen-bond acceptors (Lipinski definition) is 4. The molecule has 2 aliphatic rings. The van der Waals surface area contributed by atoms with E-state index in [9.17, 15) is 4.79 Å². The van der Waals surface area contributed by atoms with Crippen LogP contribution < -0.4 is 5.32 Å². The molecule has 1 N–H and O–H groups in total. The van der Waals surface area contributed by atoms with Gasteiger partial charge in [0.05, 0.1) is 7.11 Å². The molecule has 0 aromatic heterocycles. The van der Waals surface area contributed by atoms with Gasteiger partial charge < -0.3 is 15.0 Å². The first kappa shape index (κ1) is 14.8. The Morgan fingerprint density at radius 1 is 1.42 bits per heavy atom. The number of likely N-dealkylation sites (N-methyl/N-ethyl adjacent to an activating group) is 1. The second kappa shape index (κ2) is 6.23. The molecule has 1 aliphatic heterocycles. The molecular weight excluding hydrogens is 240 g/mol. The van der Waals surface area contributed by atoms with Crippen molar-refractivity contribution in [1.82, 2.24) is 10.2 Å². The molecule has 1 aliphatic carbocycles. The third-order valence-corrected chi connectivity index (χ3v) is 4.53. The highest BCUT2D eigenvalue weighted by molar-refractivity contribution is 5.82. The molecule has 2 rings (SSSR count). The number of nitrogens with zero attached hydrogens (tertiary/aromatic N) is 1. The third-order valence-electron chi connectivity index (χ3n) is 4.53. The van der Waals surface area contributed by atoms with Crippen LogP contribution in [0.25, 0.3) is 0 Å². The number of carbonyl (C=O) groups is 1. The Bertz CT molecular complexity index is 317. The predicted molar refractivity (Wildman–Crippen MR) is 76.0 cm³/mol. The van der Waals surface area contributed by atoms with E-state index in [1.54, 1.807) is 0 Å². The van der Waals surface area contributed by atoms with E-state index in [-0.39, 0.29) is 5.97 Å². The SMILES string of the molecule is CCNC(CN1CCCC(C)C1)(C(=O)OC)C1CC1. The maximum Gasteiger partial charge on any atom is 0.327 e. The van der Waals surface area contributed by atoms with Gasteiger partial charge in [0.25, 0.3) is 0 Å². The van der Waals surface area contributed by atoms with Crippen molar-refractivity contribution in [3.8, 4) is 0 Å². The van der Waals surface area contributed by atoms with Crippen LogP contribution in [0.3, 0.4) is 0 Å². The van der Waals surface area contributed by atoms with E-state index in [0.29, 0.717) is 5.92 Å². The summed E-state index contributed by atoms with van der Waals surface area (Å²) in [6.45, 7) is 8.21. The summed E-state index contributed by atoms with van der Waals surface area (Å²) >= 11 is 0. The van der Waals surface area contributed by atoms with Gasteiger partial charge in [-0.05, 0) is 50.6 Å². The molecule has 2 fully saturated rings. The summed E-state index contributed by atoms with van der Waals surface area (Å²) < 4.78 is 5.11. The van der Waals surface area contributed by atoms with Gasteiger partial charge in [-0.3, -0.25) is 0 Å². The molecular formula is C15H28N2O2. The molecule has 110 valence electrons. The smallest absolute Gasteiger partial charge is 0.327 e. The number of ether oxygens (including phenoxy) is 1. The van der Waals surface area contributed by atoms with E-state index >= 15 is 0 Å². The Morgan fingerprint density at radius 2 is 2.16 bits per heavy atom. The summed E-state index contributed by atoms with van der Waals surface area (Å²) in [6, 6.07) is 0. The molecule has 0 spiro atoms. The Labute approximate surface area is 116 Å². The highest BCUT2D eigenvalue weighted by Crippen LogP contribution is 2.41. The van der Waals surface area contributed by atoms with Gasteiger partial charge in [0.2, 0.25) is 0 Å². The number of esters is 1. The van der Waals surface area contributed by atoms with Crippen molar-refractivity contribution in [1.29, 1.82) is 0 Å². The fourth-order valence-corrected chi connectivity index (χ4v) is 3.49. The van der Waals surface area contributed by atoms with Gasteiger partial charge in [0.1, 0.15) is 5.54 Å². The zero-order valence-corrected chi connectivity index (χ0v) is 12.6. The van der Waals surface area contributed by atoms with E-state index in [2.05, 4.69) is 24.1 Å². The van der Waals surface area contributed by atoms with Crippen molar-refractivity contribution in [2.45, 2.75) is 45.1 Å². The van der Waals surface area contributed by atoms with Crippen LogP contribution in [0.1, 0.15) is 39.5 Å². The normalized spacial score (nSPS) is 27.8. The Balaban J connectivity index is 2.09. The zero-order valence-electron chi connectivity index (χ0n) is 12.6. The highest BCUT2D eigenvalue weighted by Gasteiger charge is 2.52. The van der Waals surface area contributed by atoms with Crippen LogP contribution in [-0.2, 0) is 9.53 Å². The molecule has 0 amide bonds. The van der Waals surface area contributed by atoms with E-state index in [1.807, 2.05) is 0 Å². The molecule has 0 radical (unpaired) electrons. The van der Waals surface area contributed by atoms with E-state index in [4.69, 9.17) is 4.74 Å². The van der Waals surface area contributed by atoms with Crippen molar-refractivity contribution in [2.24, 2.45) is 11.8 Å². The second-order valence-electron chi connectivity index (χ2n) is 6.25. The van der Waals surface area contributed by atoms with Crippen LogP contribution in [0.4, 0.5) is 0 Å². The molecule has 0 aromatic carbocycles. The van der Waals surface area contributed by atoms with Crippen LogP contribution in [0.2, 0.25) is 0 Å². The number of carbonyl (C=O) groups excluding carboxylic acids is 1. The van der Waals surface area contributed by atoms with E-state index in [1.165, 1.54) is 20.0 Å². The lowest BCUT2D eigenvalue weighted by molar-refractivity contribution is -0.151. The average molecular weight is 268 g/mol. The number of nitrogens with one attached hydrogen (secondary N) is 1. The van der Waals surface area contributed by atoms with Crippen LogP contribution >= 0.6 is 0 Å². The summed E-state index contributed by atoms with van der Waals surface area (Å²) in [6.07, 6.45) is 4.85. The minimum absolute atomic E-state index is 0.0740. The molecule has 19 heavy (non-hydrogen) atoms. The summed E-state index contributed by atoms with van der Waals surface area (Å²) in [7, 11) is 1.51. The lowest BCUT2D eigenvalue weighted by atomic mass is 9.90. The zero-order chi connectivity index (χ0) is 13.9. The van der Waals surface area contributed by atoms with E-state index in [0.717, 1.165) is 44.9 Å². The van der Waals surface area contributed by atoms with Gasteiger partial charge in [-0.1, -0.05) is 13.8 Å². The standard InChI is InChI=1S/C15H28N2O2/c1-4-16-15(13-7-8-13,14(18)19-3)11-17-9-5-6-12(2)10-17/h12-13,16H,4-11H2,1-3H3. The lowest BCUT2D eigenvalue weighted by Gasteiger charge is -2.40. The maximum atomic E-state index is 12.3. The minimum Gasteiger partial charge on any atom is -0.468 e. The van der Waals surface area contributed by atoms with Crippen molar-refractivity contribution in [3.05, 3.63) is 0 Å². The average Bonchev–Trinajstić information content (AvgIpc) is 3.21. The number of rotatable bonds is 6. The van der Waals surface area contributed by atoms with Gasteiger partial charge in [0, 0.05) is 13.1 Å². The maximum absolute atomic E-state index is 12.3. The molecule has 2 atom stereocenters. The monoisotopic (exact) mass is 268 g/mol. The highest BCUT2D eigenvalue weighted by atomic mass is 16.5. The largest absolute Gasteiger partial charge is 0.468 e. The summed E-state index contributed by atoms with van der Waals surface area (Å²) in [5, 5.41) is 3.45. The van der Waals surface area contributed by atoms with Gasteiger partial charge in [-0.2, -0.15) is 0 Å². The molecule has 4 nitrogen and oxygen atoms in total. The molecule has 2 unspecified atom stereocenters. The summed E-state index contributed by atoms with van der Waals surface area (Å²) in [4.78, 5) is 14.8. The molecule has 0 aromatic rings. The minimum atomic E-state index is -0.472. The number of methoxy groups -OCH3 is 1. The first-order valence-electron chi connectivity index (χ1n) is 7.68. The molecule has 4 heteroatoms. The predicted octanol–water partition coefficient (Wildman–Crippen LogP) is 1.65. The number of piperidine rings is 1. The van der Waals surface area contributed by atoms with E-state index < -0.39 is 5.54 Å². The first-order chi connectivity index (χ1) is 9.12. The number of hydrogen-bond donors (Lipinski definition) is 1. The third kappa shape index (κ3) is 3.29. The first-order valence-corrected chi connectivity index (χ1v) is 7.68. The van der Waals surface area contributed by atoms with Crippen molar-refractivity contribution in [3.63, 3.8) is 0 Å². The van der Waals surface area contributed by atoms with Crippen molar-refractivity contribution in [2.75, 3.05) is 33.3 Å². The number of likely N-dealkylation sites (tertiary alicyclic amines) is 1. The van der Waals surface area contributed by atoms with Crippen LogP contribution in [0.15, 0.2) is 0 Å². The quantitative estimate of drug-likeness (QED) is 0.744. The molecule has 1 heterocycles. The van der Waals surface area contributed by atoms with Crippen molar-refractivity contribution < 1.29 is 9.53 Å². The second-order valence-corrected chi connectivity index (χ2v) is 6.25. The molecule has 0 bridgehead atoms. The summed E-state index contributed by atoms with van der Waals surface area (Å²) in [5.41, 5.74) is -0.472. The Kier molecular flexibility index (Phi) is 4.85. The lowest BCUT2D eigenvalue weighted by Crippen LogP contribution is -2.62. The van der Waals surface area contributed by atoms with Crippen molar-refractivity contribution >= 4 is 5.97 Å². The summed E-state index contributed by atoms with van der Waals surface area (Å²) in [5.74, 6) is 1.12. The van der Waals surface area contributed by atoms with Crippen LogP contribution in [0.5, 0.6) is 0 Å². The van der Waals surface area contributed by atoms with Crippen LogP contribution in [0, 0.1) is 11.8 Å². The van der Waals surface area contributed by atoms with Crippen LogP contribution in [-0.4, -0.2) is 49.7 Å². The van der Waals surface area contributed by atoms with Gasteiger partial charge in [0.15, 0.2) is 0 Å². The fraction of sp³-hybridized carbons (Fsp3) is 0.933. The Morgan fingerprint density at radius 3 is 2.68 bits per heavy atom. The van der Waals surface area contributed by atoms with Gasteiger partial charge in [-0.25, -0.2) is 4.79 Å². The Hall–Kier alpha value is -0.610. The molecule has 1 saturated carbocycles. The molecule has 1 saturated heterocycles. The topological polar surface area (TPSA) is 41.6 Å². The van der Waals surface area contributed by atoms with Gasteiger partial charge in [-0.15, -0.1) is 0 Å². The fourth-order valence-electron chi connectivity index (χ4n) is 3.49. The van der Waals surface area contributed by atoms with Gasteiger partial charge >= 0.3 is 5.97 Å².